The molecule has 0 saturated heterocycles. The summed E-state index contributed by atoms with van der Waals surface area (Å²) in [6.07, 6.45) is 2.71. The molecule has 2 N–H and O–H groups in total. The lowest BCUT2D eigenvalue weighted by molar-refractivity contribution is -0.341. The molecular formula is C24H28FN6O9P-2. The third kappa shape index (κ3) is 6.35. The van der Waals surface area contributed by atoms with Crippen LogP contribution in [0.3, 0.4) is 0 Å². The first-order valence-corrected chi connectivity index (χ1v) is 13.6. The molecule has 41 heavy (non-hydrogen) atoms. The van der Waals surface area contributed by atoms with Gasteiger partial charge >= 0.3 is 0 Å². The lowest BCUT2D eigenvalue weighted by Gasteiger charge is -2.39. The number of aromatic nitrogens is 3. The number of rotatable bonds is 10. The Morgan fingerprint density at radius 1 is 1.17 bits per heavy atom. The highest BCUT2D eigenvalue weighted by Crippen LogP contribution is 2.39. The number of anilines is 4. The number of hydrogen-bond donors (Lipinski definition) is 2. The van der Waals surface area contributed by atoms with Crippen LogP contribution in [0.1, 0.15) is 20.8 Å². The number of ether oxygens (including phenoxy) is 4. The Hall–Kier alpha value is -3.98. The van der Waals surface area contributed by atoms with Gasteiger partial charge in [-0.3, -0.25) is 9.69 Å². The number of methoxy groups -OCH3 is 3. The standard InChI is InChI=1S/C24H30FN6O9P/c1-12-14(9-16(36-4)19(38-6)18(12)37-5)27-23-26-10-13(25)20(30-23)28-17-8-7-15-21(29-17)31(11-39-41(33,34)35)22(32)24(2,3)40-15/h7-10,12,14H,11H2,1-6H3,(H2,33,34,35)(H2,26,27,28,29,30)/p-2. The predicted molar refractivity (Wildman–Crippen MR) is 138 cm³/mol. The average molecular weight is 594 g/mol. The summed E-state index contributed by atoms with van der Waals surface area (Å²) in [6, 6.07) is 2.45. The lowest BCUT2D eigenvalue weighted by Crippen LogP contribution is -2.53. The quantitative estimate of drug-likeness (QED) is 0.376. The molecule has 4 rings (SSSR count). The molecule has 0 aromatic carbocycles. The van der Waals surface area contributed by atoms with Crippen molar-refractivity contribution in [1.82, 2.24) is 15.0 Å². The van der Waals surface area contributed by atoms with Crippen molar-refractivity contribution in [3.8, 4) is 5.75 Å². The molecule has 2 atom stereocenters. The van der Waals surface area contributed by atoms with E-state index in [0.717, 1.165) is 11.1 Å². The minimum atomic E-state index is -5.41. The van der Waals surface area contributed by atoms with E-state index < -0.39 is 37.9 Å². The van der Waals surface area contributed by atoms with Crippen LogP contribution in [0.5, 0.6) is 5.75 Å². The molecule has 17 heteroatoms. The molecule has 2 aromatic rings. The number of fused-ring (bicyclic) bond motifs is 1. The van der Waals surface area contributed by atoms with Crippen LogP contribution >= 0.6 is 7.82 Å². The second kappa shape index (κ2) is 11.5. The molecule has 0 fully saturated rings. The van der Waals surface area contributed by atoms with Crippen molar-refractivity contribution in [2.75, 3.05) is 43.6 Å². The summed E-state index contributed by atoms with van der Waals surface area (Å²) in [6.45, 7) is 3.87. The summed E-state index contributed by atoms with van der Waals surface area (Å²) in [7, 11) is -0.916. The zero-order chi connectivity index (χ0) is 30.1. The Bertz CT molecular complexity index is 1450. The Kier molecular flexibility index (Phi) is 8.40. The molecule has 222 valence electrons. The van der Waals surface area contributed by atoms with E-state index in [1.54, 1.807) is 6.08 Å². The SMILES string of the molecule is COC1=CC(Nc2ncc(F)c(Nc3ccc4c(n3)N(COP(=O)([O-])[O-])C(=O)C(C)(C)O4)n2)C(C)C(OC)=C1OC. The van der Waals surface area contributed by atoms with Crippen molar-refractivity contribution in [2.24, 2.45) is 5.92 Å². The molecule has 3 heterocycles. The van der Waals surface area contributed by atoms with E-state index in [-0.39, 0.29) is 35.1 Å². The van der Waals surface area contributed by atoms with Crippen LogP contribution in [-0.4, -0.2) is 60.6 Å². The molecule has 1 amide bonds. The number of amides is 1. The van der Waals surface area contributed by atoms with E-state index in [2.05, 4.69) is 30.1 Å². The van der Waals surface area contributed by atoms with E-state index in [9.17, 15) is 23.5 Å². The van der Waals surface area contributed by atoms with Crippen molar-refractivity contribution in [3.05, 3.63) is 47.5 Å². The first kappa shape index (κ1) is 30.0. The summed E-state index contributed by atoms with van der Waals surface area (Å²) < 4.78 is 52.1. The summed E-state index contributed by atoms with van der Waals surface area (Å²) >= 11 is 0. The highest BCUT2D eigenvalue weighted by molar-refractivity contribution is 7.43. The molecule has 2 aromatic heterocycles. The Morgan fingerprint density at radius 3 is 2.54 bits per heavy atom. The fourth-order valence-corrected chi connectivity index (χ4v) is 4.50. The topological polar surface area (TPSA) is 192 Å². The predicted octanol–water partition coefficient (Wildman–Crippen LogP) is 1.53. The van der Waals surface area contributed by atoms with Crippen LogP contribution in [0.25, 0.3) is 0 Å². The zero-order valence-electron chi connectivity index (χ0n) is 23.0. The molecule has 2 aliphatic rings. The van der Waals surface area contributed by atoms with Crippen LogP contribution in [0, 0.1) is 11.7 Å². The smallest absolute Gasteiger partial charge is 0.273 e. The second-order valence-corrected chi connectivity index (χ2v) is 10.5. The zero-order valence-corrected chi connectivity index (χ0v) is 23.9. The van der Waals surface area contributed by atoms with Gasteiger partial charge in [-0.15, -0.1) is 0 Å². The van der Waals surface area contributed by atoms with Gasteiger partial charge in [0.15, 0.2) is 40.3 Å². The van der Waals surface area contributed by atoms with Crippen LogP contribution < -0.4 is 30.1 Å². The second-order valence-electron chi connectivity index (χ2n) is 9.38. The van der Waals surface area contributed by atoms with Gasteiger partial charge < -0.3 is 48.5 Å². The first-order chi connectivity index (χ1) is 19.3. The molecule has 0 spiro atoms. The van der Waals surface area contributed by atoms with E-state index in [1.165, 1.54) is 47.3 Å². The Labute approximate surface area is 234 Å². The van der Waals surface area contributed by atoms with Gasteiger partial charge in [-0.2, -0.15) is 4.98 Å². The number of phosphoric acid groups is 1. The number of carbonyl (C=O) groups is 1. The van der Waals surface area contributed by atoms with Crippen molar-refractivity contribution in [1.29, 1.82) is 0 Å². The molecular weight excluding hydrogens is 566 g/mol. The van der Waals surface area contributed by atoms with Crippen molar-refractivity contribution in [2.45, 2.75) is 32.4 Å². The maximum atomic E-state index is 14.7. The van der Waals surface area contributed by atoms with E-state index in [0.29, 0.717) is 17.3 Å². The van der Waals surface area contributed by atoms with E-state index >= 15 is 0 Å². The third-order valence-electron chi connectivity index (χ3n) is 6.23. The van der Waals surface area contributed by atoms with Gasteiger partial charge in [0.2, 0.25) is 5.95 Å². The van der Waals surface area contributed by atoms with Crippen LogP contribution in [0.2, 0.25) is 0 Å². The third-order valence-corrected chi connectivity index (χ3v) is 6.66. The normalized spacial score (nSPS) is 20.1. The maximum absolute atomic E-state index is 14.7. The Morgan fingerprint density at radius 2 is 1.90 bits per heavy atom. The number of nitrogens with one attached hydrogen (secondary N) is 2. The van der Waals surface area contributed by atoms with Gasteiger partial charge in [0, 0.05) is 5.92 Å². The van der Waals surface area contributed by atoms with Gasteiger partial charge in [0.05, 0.1) is 41.4 Å². The fourth-order valence-electron chi connectivity index (χ4n) is 4.24. The molecule has 0 bridgehead atoms. The number of halogens is 1. The van der Waals surface area contributed by atoms with Crippen molar-refractivity contribution in [3.63, 3.8) is 0 Å². The van der Waals surface area contributed by atoms with Gasteiger partial charge in [-0.05, 0) is 32.1 Å². The van der Waals surface area contributed by atoms with Gasteiger partial charge in [-0.25, -0.2) is 14.4 Å². The fraction of sp³-hybridized carbons (Fsp3) is 0.417. The van der Waals surface area contributed by atoms with E-state index in [1.807, 2.05) is 6.92 Å². The number of hydrogen-bond acceptors (Lipinski definition) is 14. The molecule has 1 aliphatic carbocycles. The molecule has 0 radical (unpaired) electrons. The number of phosphoric ester groups is 1. The van der Waals surface area contributed by atoms with Crippen LogP contribution in [0.15, 0.2) is 41.7 Å². The minimum absolute atomic E-state index is 0.0165. The molecule has 2 unspecified atom stereocenters. The summed E-state index contributed by atoms with van der Waals surface area (Å²) in [5, 5.41) is 5.82. The van der Waals surface area contributed by atoms with Gasteiger partial charge in [-0.1, -0.05) is 6.92 Å². The number of nitrogens with zero attached hydrogens (tertiary/aromatic N) is 4. The summed E-state index contributed by atoms with van der Waals surface area (Å²) in [5.41, 5.74) is -1.41. The molecule has 0 saturated carbocycles. The highest BCUT2D eigenvalue weighted by Gasteiger charge is 2.42. The lowest BCUT2D eigenvalue weighted by atomic mass is 9.93. The summed E-state index contributed by atoms with van der Waals surface area (Å²) in [5.74, 6) is -0.600. The largest absolute Gasteiger partial charge is 0.790 e. The average Bonchev–Trinajstić information content (AvgIpc) is 2.91. The van der Waals surface area contributed by atoms with Crippen LogP contribution in [0.4, 0.5) is 27.8 Å². The monoisotopic (exact) mass is 594 g/mol. The summed E-state index contributed by atoms with van der Waals surface area (Å²) in [4.78, 5) is 48.3. The first-order valence-electron chi connectivity index (χ1n) is 12.1. The molecule has 15 nitrogen and oxygen atoms in total. The number of pyridine rings is 1. The number of carbonyl (C=O) groups excluding carboxylic acids is 1. The van der Waals surface area contributed by atoms with Gasteiger partial charge in [0.25, 0.3) is 5.91 Å². The van der Waals surface area contributed by atoms with Crippen molar-refractivity contribution < 1.29 is 47.0 Å². The van der Waals surface area contributed by atoms with Crippen LogP contribution in [-0.2, 0) is 28.1 Å². The highest BCUT2D eigenvalue weighted by atomic mass is 31.2. The van der Waals surface area contributed by atoms with E-state index in [4.69, 9.17) is 18.9 Å². The maximum Gasteiger partial charge on any atom is 0.273 e. The molecule has 1 aliphatic heterocycles. The van der Waals surface area contributed by atoms with Gasteiger partial charge in [0.1, 0.15) is 18.3 Å². The van der Waals surface area contributed by atoms with Crippen molar-refractivity contribution >= 4 is 37.1 Å². The Balaban J connectivity index is 1.60. The minimum Gasteiger partial charge on any atom is -0.790 e.